The predicted molar refractivity (Wildman–Crippen MR) is 62.8 cm³/mol. The molecule has 0 spiro atoms. The van der Waals surface area contributed by atoms with Crippen LogP contribution in [0.25, 0.3) is 0 Å². The second-order valence-electron chi connectivity index (χ2n) is 3.33. The summed E-state index contributed by atoms with van der Waals surface area (Å²) in [6, 6.07) is 2.62. The molecule has 3 nitrogen and oxygen atoms in total. The van der Waals surface area contributed by atoms with Gasteiger partial charge in [-0.1, -0.05) is 6.92 Å². The van der Waals surface area contributed by atoms with Gasteiger partial charge < -0.3 is 5.32 Å². The van der Waals surface area contributed by atoms with E-state index in [1.54, 1.807) is 0 Å². The molecule has 0 radical (unpaired) electrons. The zero-order valence-corrected chi connectivity index (χ0v) is 9.97. The predicted octanol–water partition coefficient (Wildman–Crippen LogP) is 1.30. The fourth-order valence-electron chi connectivity index (χ4n) is 1.33. The van der Waals surface area contributed by atoms with Gasteiger partial charge in [-0.2, -0.15) is 16.9 Å². The molecule has 0 saturated heterocycles. The standard InChI is InChI=1S/C10H19N3S/c1-4-14-8-10(11-2)7-9-5-6-13(3)12-9/h5-6,10-11H,4,7-8H2,1-3H3. The minimum Gasteiger partial charge on any atom is -0.316 e. The molecule has 1 aromatic rings. The van der Waals surface area contributed by atoms with Gasteiger partial charge >= 0.3 is 0 Å². The third-order valence-electron chi connectivity index (χ3n) is 2.16. The van der Waals surface area contributed by atoms with Crippen molar-refractivity contribution >= 4 is 11.8 Å². The molecule has 0 bridgehead atoms. The molecule has 0 fully saturated rings. The Morgan fingerprint density at radius 3 is 2.93 bits per heavy atom. The highest BCUT2D eigenvalue weighted by Gasteiger charge is 2.08. The van der Waals surface area contributed by atoms with Crippen LogP contribution in [0.4, 0.5) is 0 Å². The Hall–Kier alpha value is -0.480. The van der Waals surface area contributed by atoms with Gasteiger partial charge in [-0.15, -0.1) is 0 Å². The number of thioether (sulfide) groups is 1. The molecule has 0 aliphatic heterocycles. The van der Waals surface area contributed by atoms with Crippen molar-refractivity contribution in [3.63, 3.8) is 0 Å². The van der Waals surface area contributed by atoms with Gasteiger partial charge in [0.05, 0.1) is 5.69 Å². The summed E-state index contributed by atoms with van der Waals surface area (Å²) >= 11 is 1.97. The number of aryl methyl sites for hydroxylation is 1. The van der Waals surface area contributed by atoms with Crippen molar-refractivity contribution in [3.05, 3.63) is 18.0 Å². The summed E-state index contributed by atoms with van der Waals surface area (Å²) in [6.45, 7) is 2.19. The Balaban J connectivity index is 2.40. The van der Waals surface area contributed by atoms with Crippen molar-refractivity contribution in [3.8, 4) is 0 Å². The maximum atomic E-state index is 4.37. The SMILES string of the molecule is CCSCC(Cc1ccn(C)n1)NC. The Morgan fingerprint density at radius 2 is 2.43 bits per heavy atom. The van der Waals surface area contributed by atoms with Crippen LogP contribution < -0.4 is 5.32 Å². The quantitative estimate of drug-likeness (QED) is 0.772. The van der Waals surface area contributed by atoms with E-state index in [0.29, 0.717) is 6.04 Å². The summed E-state index contributed by atoms with van der Waals surface area (Å²) < 4.78 is 1.86. The summed E-state index contributed by atoms with van der Waals surface area (Å²) in [6.07, 6.45) is 3.01. The largest absolute Gasteiger partial charge is 0.316 e. The van der Waals surface area contributed by atoms with E-state index >= 15 is 0 Å². The van der Waals surface area contributed by atoms with Crippen LogP contribution >= 0.6 is 11.8 Å². The number of hydrogen-bond donors (Lipinski definition) is 1. The second-order valence-corrected chi connectivity index (χ2v) is 4.65. The van der Waals surface area contributed by atoms with E-state index in [0.717, 1.165) is 12.2 Å². The van der Waals surface area contributed by atoms with Crippen LogP contribution in [-0.4, -0.2) is 34.4 Å². The van der Waals surface area contributed by atoms with Crippen LogP contribution in [0.15, 0.2) is 12.3 Å². The van der Waals surface area contributed by atoms with Crippen LogP contribution in [0.1, 0.15) is 12.6 Å². The van der Waals surface area contributed by atoms with Gasteiger partial charge in [-0.05, 0) is 18.9 Å². The molecular weight excluding hydrogens is 194 g/mol. The molecule has 1 atom stereocenters. The number of aromatic nitrogens is 2. The molecule has 1 heterocycles. The molecule has 1 unspecified atom stereocenters. The third kappa shape index (κ3) is 3.72. The van der Waals surface area contributed by atoms with E-state index in [2.05, 4.69) is 23.4 Å². The number of nitrogens with zero attached hydrogens (tertiary/aromatic N) is 2. The van der Waals surface area contributed by atoms with Crippen LogP contribution in [0.3, 0.4) is 0 Å². The Labute approximate surface area is 90.3 Å². The average molecular weight is 213 g/mol. The molecule has 80 valence electrons. The van der Waals surface area contributed by atoms with Gasteiger partial charge in [-0.25, -0.2) is 0 Å². The molecule has 0 aliphatic rings. The monoisotopic (exact) mass is 213 g/mol. The Bertz CT molecular complexity index is 260. The van der Waals surface area contributed by atoms with Crippen molar-refractivity contribution in [2.45, 2.75) is 19.4 Å². The molecular formula is C10H19N3S. The third-order valence-corrected chi connectivity index (χ3v) is 3.20. The number of rotatable bonds is 6. The first-order valence-electron chi connectivity index (χ1n) is 4.99. The molecule has 14 heavy (non-hydrogen) atoms. The van der Waals surface area contributed by atoms with Gasteiger partial charge in [0.15, 0.2) is 0 Å². The first-order chi connectivity index (χ1) is 6.76. The summed E-state index contributed by atoms with van der Waals surface area (Å²) in [5.74, 6) is 2.34. The minimum atomic E-state index is 0.537. The van der Waals surface area contributed by atoms with Gasteiger partial charge in [0.1, 0.15) is 0 Å². The van der Waals surface area contributed by atoms with Crippen molar-refractivity contribution in [2.75, 3.05) is 18.6 Å². The summed E-state index contributed by atoms with van der Waals surface area (Å²) in [5, 5.41) is 7.70. The molecule has 0 aromatic carbocycles. The highest BCUT2D eigenvalue weighted by molar-refractivity contribution is 7.99. The number of hydrogen-bond acceptors (Lipinski definition) is 3. The summed E-state index contributed by atoms with van der Waals surface area (Å²) in [7, 11) is 3.97. The summed E-state index contributed by atoms with van der Waals surface area (Å²) in [4.78, 5) is 0. The van der Waals surface area contributed by atoms with Gasteiger partial charge in [0, 0.05) is 31.5 Å². The average Bonchev–Trinajstić information content (AvgIpc) is 2.58. The molecule has 0 saturated carbocycles. The number of nitrogens with one attached hydrogen (secondary N) is 1. The van der Waals surface area contributed by atoms with E-state index in [4.69, 9.17) is 0 Å². The van der Waals surface area contributed by atoms with Crippen LogP contribution in [0, 0.1) is 0 Å². The zero-order chi connectivity index (χ0) is 10.4. The van der Waals surface area contributed by atoms with E-state index in [9.17, 15) is 0 Å². The number of likely N-dealkylation sites (N-methyl/N-ethyl adjacent to an activating group) is 1. The molecule has 0 aliphatic carbocycles. The normalized spacial score (nSPS) is 13.1. The Morgan fingerprint density at radius 1 is 1.64 bits per heavy atom. The lowest BCUT2D eigenvalue weighted by atomic mass is 10.2. The maximum absolute atomic E-state index is 4.37. The molecule has 1 rings (SSSR count). The molecule has 4 heteroatoms. The van der Waals surface area contributed by atoms with Crippen molar-refractivity contribution < 1.29 is 0 Å². The van der Waals surface area contributed by atoms with E-state index < -0.39 is 0 Å². The van der Waals surface area contributed by atoms with Crippen molar-refractivity contribution in [1.29, 1.82) is 0 Å². The van der Waals surface area contributed by atoms with Gasteiger partial charge in [-0.3, -0.25) is 4.68 Å². The zero-order valence-electron chi connectivity index (χ0n) is 9.16. The van der Waals surface area contributed by atoms with Gasteiger partial charge in [0.25, 0.3) is 0 Å². The fourth-order valence-corrected chi connectivity index (χ4v) is 2.13. The topological polar surface area (TPSA) is 29.9 Å². The Kier molecular flexibility index (Phi) is 5.04. The minimum absolute atomic E-state index is 0.537. The first kappa shape index (κ1) is 11.6. The van der Waals surface area contributed by atoms with Crippen LogP contribution in [0.5, 0.6) is 0 Å². The first-order valence-corrected chi connectivity index (χ1v) is 6.15. The second kappa shape index (κ2) is 6.09. The lowest BCUT2D eigenvalue weighted by Gasteiger charge is -2.13. The summed E-state index contributed by atoms with van der Waals surface area (Å²) in [5.41, 5.74) is 1.17. The fraction of sp³-hybridized carbons (Fsp3) is 0.700. The van der Waals surface area contributed by atoms with Gasteiger partial charge in [0.2, 0.25) is 0 Å². The van der Waals surface area contributed by atoms with Crippen LogP contribution in [0.2, 0.25) is 0 Å². The maximum Gasteiger partial charge on any atom is 0.0640 e. The lowest BCUT2D eigenvalue weighted by Crippen LogP contribution is -2.30. The molecule has 1 aromatic heterocycles. The highest BCUT2D eigenvalue weighted by atomic mass is 32.2. The van der Waals surface area contributed by atoms with Crippen molar-refractivity contribution in [2.24, 2.45) is 7.05 Å². The highest BCUT2D eigenvalue weighted by Crippen LogP contribution is 2.06. The smallest absolute Gasteiger partial charge is 0.0640 e. The molecule has 0 amide bonds. The van der Waals surface area contributed by atoms with E-state index in [1.807, 2.05) is 36.7 Å². The molecule has 1 N–H and O–H groups in total. The van der Waals surface area contributed by atoms with E-state index in [-0.39, 0.29) is 0 Å². The van der Waals surface area contributed by atoms with Crippen LogP contribution in [-0.2, 0) is 13.5 Å². The van der Waals surface area contributed by atoms with E-state index in [1.165, 1.54) is 11.4 Å². The lowest BCUT2D eigenvalue weighted by molar-refractivity contribution is 0.600. The van der Waals surface area contributed by atoms with Crippen molar-refractivity contribution in [1.82, 2.24) is 15.1 Å².